The lowest BCUT2D eigenvalue weighted by Gasteiger charge is -2.20. The number of halogens is 1. The minimum Gasteiger partial charge on any atom is -0.330 e. The largest absolute Gasteiger partial charge is 0.330 e. The molecule has 4 heteroatoms. The van der Waals surface area contributed by atoms with Crippen molar-refractivity contribution in [2.24, 2.45) is 11.1 Å². The van der Waals surface area contributed by atoms with Gasteiger partial charge < -0.3 is 5.73 Å². The predicted molar refractivity (Wildman–Crippen MR) is 74.0 cm³/mol. The van der Waals surface area contributed by atoms with E-state index in [9.17, 15) is 4.39 Å². The molecule has 0 aliphatic rings. The lowest BCUT2D eigenvalue weighted by molar-refractivity contribution is 0.376. The molecule has 0 spiro atoms. The van der Waals surface area contributed by atoms with Gasteiger partial charge in [-0.15, -0.1) is 11.3 Å². The second-order valence-electron chi connectivity index (χ2n) is 5.18. The minimum atomic E-state index is -0.224. The van der Waals surface area contributed by atoms with Gasteiger partial charge >= 0.3 is 0 Å². The van der Waals surface area contributed by atoms with Crippen LogP contribution in [-0.2, 0) is 6.42 Å². The fraction of sp³-hybridized carbons (Fsp3) is 0.357. The highest BCUT2D eigenvalue weighted by Gasteiger charge is 2.18. The summed E-state index contributed by atoms with van der Waals surface area (Å²) in [5, 5.41) is 3.08. The second kappa shape index (κ2) is 5.16. The summed E-state index contributed by atoms with van der Waals surface area (Å²) >= 11 is 1.63. The van der Waals surface area contributed by atoms with Crippen LogP contribution in [0.3, 0.4) is 0 Å². The Kier molecular flexibility index (Phi) is 3.78. The van der Waals surface area contributed by atoms with E-state index in [2.05, 4.69) is 18.8 Å². The number of nitrogens with zero attached hydrogens (tertiary/aromatic N) is 1. The first-order valence-corrected chi connectivity index (χ1v) is 6.78. The SMILES string of the molecule is CC(C)(CN)Cc1nc(-c2ccc(F)cc2)cs1. The van der Waals surface area contributed by atoms with E-state index in [1.165, 1.54) is 12.1 Å². The lowest BCUT2D eigenvalue weighted by atomic mass is 9.90. The maximum absolute atomic E-state index is 12.8. The molecule has 1 aromatic heterocycles. The molecule has 2 rings (SSSR count). The number of aromatic nitrogens is 1. The molecular formula is C14H17FN2S. The number of hydrogen-bond acceptors (Lipinski definition) is 3. The van der Waals surface area contributed by atoms with E-state index in [0.717, 1.165) is 22.7 Å². The zero-order valence-corrected chi connectivity index (χ0v) is 11.4. The van der Waals surface area contributed by atoms with Gasteiger partial charge in [-0.1, -0.05) is 13.8 Å². The maximum atomic E-state index is 12.8. The van der Waals surface area contributed by atoms with Crippen LogP contribution >= 0.6 is 11.3 Å². The summed E-state index contributed by atoms with van der Waals surface area (Å²) in [7, 11) is 0. The zero-order chi connectivity index (χ0) is 13.2. The monoisotopic (exact) mass is 264 g/mol. The van der Waals surface area contributed by atoms with E-state index in [1.807, 2.05) is 5.38 Å². The molecule has 0 unspecified atom stereocenters. The third kappa shape index (κ3) is 3.15. The van der Waals surface area contributed by atoms with Crippen LogP contribution in [-0.4, -0.2) is 11.5 Å². The minimum absolute atomic E-state index is 0.0674. The molecule has 0 radical (unpaired) electrons. The molecule has 0 aliphatic carbocycles. The van der Waals surface area contributed by atoms with Crippen molar-refractivity contribution in [2.45, 2.75) is 20.3 Å². The number of rotatable bonds is 4. The lowest BCUT2D eigenvalue weighted by Crippen LogP contribution is -2.25. The molecule has 1 heterocycles. The average Bonchev–Trinajstić information content (AvgIpc) is 2.78. The number of thiazole rings is 1. The molecule has 0 fully saturated rings. The molecule has 2 nitrogen and oxygen atoms in total. The van der Waals surface area contributed by atoms with Crippen molar-refractivity contribution in [3.63, 3.8) is 0 Å². The maximum Gasteiger partial charge on any atom is 0.123 e. The van der Waals surface area contributed by atoms with E-state index in [1.54, 1.807) is 23.5 Å². The molecule has 1 aromatic carbocycles. The topological polar surface area (TPSA) is 38.9 Å². The summed E-state index contributed by atoms with van der Waals surface area (Å²) in [5.74, 6) is -0.224. The van der Waals surface area contributed by atoms with Gasteiger partial charge in [0.05, 0.1) is 10.7 Å². The number of nitrogens with two attached hydrogens (primary N) is 1. The first-order valence-electron chi connectivity index (χ1n) is 5.90. The van der Waals surface area contributed by atoms with Gasteiger partial charge in [0.25, 0.3) is 0 Å². The summed E-state index contributed by atoms with van der Waals surface area (Å²) in [5.41, 5.74) is 7.65. The van der Waals surface area contributed by atoms with Crippen LogP contribution in [0.4, 0.5) is 4.39 Å². The first-order chi connectivity index (χ1) is 8.50. The van der Waals surface area contributed by atoms with E-state index in [0.29, 0.717) is 6.54 Å². The quantitative estimate of drug-likeness (QED) is 0.918. The fourth-order valence-corrected chi connectivity index (χ4v) is 2.69. The molecule has 0 saturated carbocycles. The van der Waals surface area contributed by atoms with E-state index in [4.69, 9.17) is 5.73 Å². The van der Waals surface area contributed by atoms with Gasteiger partial charge in [-0.05, 0) is 36.2 Å². The van der Waals surface area contributed by atoms with Gasteiger partial charge in [0.1, 0.15) is 5.82 Å². The Morgan fingerprint density at radius 2 is 1.94 bits per heavy atom. The summed E-state index contributed by atoms with van der Waals surface area (Å²) in [6.07, 6.45) is 0.870. The summed E-state index contributed by atoms with van der Waals surface area (Å²) < 4.78 is 12.8. The summed E-state index contributed by atoms with van der Waals surface area (Å²) in [4.78, 5) is 4.58. The summed E-state index contributed by atoms with van der Waals surface area (Å²) in [6, 6.07) is 6.42. The van der Waals surface area contributed by atoms with Crippen LogP contribution in [0.2, 0.25) is 0 Å². The Bertz CT molecular complexity index is 517. The van der Waals surface area contributed by atoms with Gasteiger partial charge in [0.15, 0.2) is 0 Å². The van der Waals surface area contributed by atoms with E-state index in [-0.39, 0.29) is 11.2 Å². The highest BCUT2D eigenvalue weighted by Crippen LogP contribution is 2.27. The Labute approximate surface area is 111 Å². The van der Waals surface area contributed by atoms with Crippen LogP contribution in [0.1, 0.15) is 18.9 Å². The Morgan fingerprint density at radius 1 is 1.28 bits per heavy atom. The van der Waals surface area contributed by atoms with Crippen LogP contribution < -0.4 is 5.73 Å². The van der Waals surface area contributed by atoms with Crippen LogP contribution in [0.5, 0.6) is 0 Å². The Balaban J connectivity index is 2.18. The standard InChI is InChI=1S/C14H17FN2S/c1-14(2,9-16)7-13-17-12(8-18-13)10-3-5-11(15)6-4-10/h3-6,8H,7,9,16H2,1-2H3. The van der Waals surface area contributed by atoms with Crippen molar-refractivity contribution < 1.29 is 4.39 Å². The molecule has 2 aromatic rings. The molecule has 0 amide bonds. The van der Waals surface area contributed by atoms with Crippen molar-refractivity contribution >= 4 is 11.3 Å². The molecule has 18 heavy (non-hydrogen) atoms. The van der Waals surface area contributed by atoms with Gasteiger partial charge in [-0.2, -0.15) is 0 Å². The van der Waals surface area contributed by atoms with Gasteiger partial charge in [-0.25, -0.2) is 9.37 Å². The molecule has 0 aliphatic heterocycles. The van der Waals surface area contributed by atoms with Crippen molar-refractivity contribution in [3.8, 4) is 11.3 Å². The Morgan fingerprint density at radius 3 is 2.56 bits per heavy atom. The van der Waals surface area contributed by atoms with Gasteiger partial charge in [0.2, 0.25) is 0 Å². The van der Waals surface area contributed by atoms with Crippen molar-refractivity contribution in [3.05, 3.63) is 40.5 Å². The van der Waals surface area contributed by atoms with Crippen molar-refractivity contribution in [1.82, 2.24) is 4.98 Å². The van der Waals surface area contributed by atoms with Gasteiger partial charge in [0, 0.05) is 17.4 Å². The highest BCUT2D eigenvalue weighted by molar-refractivity contribution is 7.09. The molecule has 0 bridgehead atoms. The molecule has 96 valence electrons. The third-order valence-electron chi connectivity index (χ3n) is 2.87. The smallest absolute Gasteiger partial charge is 0.123 e. The van der Waals surface area contributed by atoms with E-state index >= 15 is 0 Å². The second-order valence-corrected chi connectivity index (χ2v) is 6.12. The molecular weight excluding hydrogens is 247 g/mol. The molecule has 0 atom stereocenters. The Hall–Kier alpha value is -1.26. The van der Waals surface area contributed by atoms with E-state index < -0.39 is 0 Å². The average molecular weight is 264 g/mol. The number of benzene rings is 1. The highest BCUT2D eigenvalue weighted by atomic mass is 32.1. The summed E-state index contributed by atoms with van der Waals surface area (Å²) in [6.45, 7) is 4.90. The molecule has 2 N–H and O–H groups in total. The van der Waals surface area contributed by atoms with Crippen molar-refractivity contribution in [1.29, 1.82) is 0 Å². The molecule has 0 saturated heterocycles. The number of hydrogen-bond donors (Lipinski definition) is 1. The van der Waals surface area contributed by atoms with Crippen LogP contribution in [0.15, 0.2) is 29.6 Å². The van der Waals surface area contributed by atoms with Crippen molar-refractivity contribution in [2.75, 3.05) is 6.54 Å². The zero-order valence-electron chi connectivity index (χ0n) is 10.6. The van der Waals surface area contributed by atoms with Crippen LogP contribution in [0.25, 0.3) is 11.3 Å². The third-order valence-corrected chi connectivity index (χ3v) is 3.72. The first kappa shape index (κ1) is 13.2. The normalized spacial score (nSPS) is 11.8. The predicted octanol–water partition coefficient (Wildman–Crippen LogP) is 3.48. The fourth-order valence-electron chi connectivity index (χ4n) is 1.63. The van der Waals surface area contributed by atoms with Crippen LogP contribution in [0, 0.1) is 11.2 Å². The van der Waals surface area contributed by atoms with Gasteiger partial charge in [-0.3, -0.25) is 0 Å².